The third-order valence-corrected chi connectivity index (χ3v) is 3.21. The van der Waals surface area contributed by atoms with Crippen LogP contribution in [-0.4, -0.2) is 16.9 Å². The van der Waals surface area contributed by atoms with E-state index < -0.39 is 0 Å². The number of nitrogens with one attached hydrogen (secondary N) is 2. The van der Waals surface area contributed by atoms with E-state index in [1.165, 1.54) is 6.07 Å². The number of benzene rings is 1. The van der Waals surface area contributed by atoms with Crippen molar-refractivity contribution in [3.05, 3.63) is 35.8 Å². The van der Waals surface area contributed by atoms with Gasteiger partial charge in [0, 0.05) is 16.9 Å². The normalized spacial score (nSPS) is 12.9. The highest BCUT2D eigenvalue weighted by atomic mass is 19.1. The number of halogens is 1. The topological polar surface area (TPSA) is 44.9 Å². The molecule has 1 unspecified atom stereocenters. The molecule has 0 aliphatic rings. The Kier molecular flexibility index (Phi) is 3.36. The van der Waals surface area contributed by atoms with E-state index in [2.05, 4.69) is 10.3 Å². The zero-order valence-corrected chi connectivity index (χ0v) is 10.8. The zero-order valence-electron chi connectivity index (χ0n) is 10.8. The van der Waals surface area contributed by atoms with E-state index in [0.717, 1.165) is 0 Å². The Morgan fingerprint density at radius 3 is 2.67 bits per heavy atom. The Balaban J connectivity index is 2.26. The zero-order chi connectivity index (χ0) is 13.3. The van der Waals surface area contributed by atoms with Crippen LogP contribution < -0.4 is 5.32 Å². The lowest BCUT2D eigenvalue weighted by Gasteiger charge is -2.16. The van der Waals surface area contributed by atoms with Crippen molar-refractivity contribution in [1.29, 1.82) is 0 Å². The van der Waals surface area contributed by atoms with Crippen molar-refractivity contribution in [2.75, 3.05) is 0 Å². The lowest BCUT2D eigenvalue weighted by molar-refractivity contribution is 0.0926. The van der Waals surface area contributed by atoms with Gasteiger partial charge in [0.25, 0.3) is 5.91 Å². The lowest BCUT2D eigenvalue weighted by Crippen LogP contribution is -2.36. The van der Waals surface area contributed by atoms with E-state index in [-0.39, 0.29) is 17.8 Å². The summed E-state index contributed by atoms with van der Waals surface area (Å²) in [5.74, 6) is -0.165. The maximum absolute atomic E-state index is 13.5. The second-order valence-electron chi connectivity index (χ2n) is 4.89. The summed E-state index contributed by atoms with van der Waals surface area (Å²) in [5.41, 5.74) is 1.03. The molecular formula is C14H17FN2O. The predicted octanol–water partition coefficient (Wildman–Crippen LogP) is 3.08. The minimum Gasteiger partial charge on any atom is -0.350 e. The molecule has 2 aromatic rings. The van der Waals surface area contributed by atoms with Crippen molar-refractivity contribution in [2.24, 2.45) is 5.92 Å². The van der Waals surface area contributed by atoms with E-state index in [4.69, 9.17) is 0 Å². The first-order valence-corrected chi connectivity index (χ1v) is 6.07. The summed E-state index contributed by atoms with van der Waals surface area (Å²) < 4.78 is 13.5. The third kappa shape index (κ3) is 2.37. The molecule has 1 aromatic carbocycles. The molecule has 0 spiro atoms. The molecule has 1 atom stereocenters. The summed E-state index contributed by atoms with van der Waals surface area (Å²) in [6.45, 7) is 6.03. The predicted molar refractivity (Wildman–Crippen MR) is 70.0 cm³/mol. The summed E-state index contributed by atoms with van der Waals surface area (Å²) in [5, 5.41) is 3.33. The van der Waals surface area contributed by atoms with Crippen LogP contribution in [0.15, 0.2) is 24.3 Å². The quantitative estimate of drug-likeness (QED) is 0.861. The van der Waals surface area contributed by atoms with Crippen LogP contribution in [0.5, 0.6) is 0 Å². The molecule has 96 valence electrons. The fourth-order valence-corrected chi connectivity index (χ4v) is 1.69. The number of carbonyl (C=O) groups excluding carboxylic acids is 1. The Hall–Kier alpha value is -1.84. The first kappa shape index (κ1) is 12.6. The molecule has 4 heteroatoms. The molecular weight excluding hydrogens is 231 g/mol. The fraction of sp³-hybridized carbons (Fsp3) is 0.357. The number of hydrogen-bond donors (Lipinski definition) is 2. The molecule has 1 amide bonds. The summed E-state index contributed by atoms with van der Waals surface area (Å²) in [6.07, 6.45) is 0. The van der Waals surface area contributed by atoms with Gasteiger partial charge in [-0.2, -0.15) is 0 Å². The van der Waals surface area contributed by atoms with Crippen molar-refractivity contribution in [2.45, 2.75) is 26.8 Å². The van der Waals surface area contributed by atoms with Gasteiger partial charge in [-0.15, -0.1) is 0 Å². The average Bonchev–Trinajstić information content (AvgIpc) is 2.74. The maximum Gasteiger partial charge on any atom is 0.267 e. The highest BCUT2D eigenvalue weighted by molar-refractivity contribution is 5.98. The second kappa shape index (κ2) is 4.80. The van der Waals surface area contributed by atoms with Gasteiger partial charge in [0.05, 0.1) is 0 Å². The number of rotatable bonds is 3. The minimum absolute atomic E-state index is 0.0776. The molecule has 0 saturated carbocycles. The first-order chi connectivity index (χ1) is 8.49. The van der Waals surface area contributed by atoms with Gasteiger partial charge >= 0.3 is 0 Å². The second-order valence-corrected chi connectivity index (χ2v) is 4.89. The Morgan fingerprint density at radius 1 is 1.33 bits per heavy atom. The van der Waals surface area contributed by atoms with E-state index in [0.29, 0.717) is 22.5 Å². The van der Waals surface area contributed by atoms with E-state index in [1.54, 1.807) is 18.2 Å². The number of hydrogen-bond acceptors (Lipinski definition) is 1. The summed E-state index contributed by atoms with van der Waals surface area (Å²) in [4.78, 5) is 14.9. The van der Waals surface area contributed by atoms with E-state index >= 15 is 0 Å². The average molecular weight is 248 g/mol. The number of carbonyl (C=O) groups is 1. The molecule has 0 fully saturated rings. The van der Waals surface area contributed by atoms with Crippen molar-refractivity contribution in [1.82, 2.24) is 10.3 Å². The Morgan fingerprint density at radius 2 is 2.06 bits per heavy atom. The van der Waals surface area contributed by atoms with Gasteiger partial charge < -0.3 is 10.3 Å². The lowest BCUT2D eigenvalue weighted by atomic mass is 10.1. The molecule has 0 aliphatic heterocycles. The largest absolute Gasteiger partial charge is 0.350 e. The molecule has 0 radical (unpaired) electrons. The molecule has 0 bridgehead atoms. The van der Waals surface area contributed by atoms with Crippen LogP contribution in [0, 0.1) is 11.7 Å². The molecule has 2 rings (SSSR count). The number of H-pyrrole nitrogens is 1. The van der Waals surface area contributed by atoms with Crippen LogP contribution >= 0.6 is 0 Å². The van der Waals surface area contributed by atoms with Gasteiger partial charge in [0.15, 0.2) is 0 Å². The molecule has 1 heterocycles. The summed E-state index contributed by atoms with van der Waals surface area (Å²) >= 11 is 0. The Bertz CT molecular complexity index is 574. The molecule has 0 aliphatic carbocycles. The molecule has 18 heavy (non-hydrogen) atoms. The van der Waals surface area contributed by atoms with Crippen LogP contribution in [0.2, 0.25) is 0 Å². The van der Waals surface area contributed by atoms with Crippen LogP contribution in [0.25, 0.3) is 10.9 Å². The third-order valence-electron chi connectivity index (χ3n) is 3.21. The maximum atomic E-state index is 13.5. The van der Waals surface area contributed by atoms with Crippen LogP contribution in [0.4, 0.5) is 4.39 Å². The number of amides is 1. The van der Waals surface area contributed by atoms with Crippen molar-refractivity contribution in [3.63, 3.8) is 0 Å². The van der Waals surface area contributed by atoms with Gasteiger partial charge in [-0.3, -0.25) is 4.79 Å². The van der Waals surface area contributed by atoms with Gasteiger partial charge in [-0.25, -0.2) is 4.39 Å². The minimum atomic E-state index is -0.320. The molecule has 0 saturated heterocycles. The molecule has 3 nitrogen and oxygen atoms in total. The number of fused-ring (bicyclic) bond motifs is 1. The highest BCUT2D eigenvalue weighted by Gasteiger charge is 2.15. The van der Waals surface area contributed by atoms with Crippen molar-refractivity contribution >= 4 is 16.8 Å². The number of aromatic amines is 1. The van der Waals surface area contributed by atoms with E-state index in [9.17, 15) is 9.18 Å². The summed E-state index contributed by atoms with van der Waals surface area (Å²) in [7, 11) is 0. The summed E-state index contributed by atoms with van der Waals surface area (Å²) in [6, 6.07) is 6.38. The Labute approximate surface area is 105 Å². The van der Waals surface area contributed by atoms with E-state index in [1.807, 2.05) is 20.8 Å². The van der Waals surface area contributed by atoms with Crippen molar-refractivity contribution < 1.29 is 9.18 Å². The molecule has 2 N–H and O–H groups in total. The monoisotopic (exact) mass is 248 g/mol. The van der Waals surface area contributed by atoms with Crippen LogP contribution in [-0.2, 0) is 0 Å². The van der Waals surface area contributed by atoms with Crippen LogP contribution in [0.3, 0.4) is 0 Å². The highest BCUT2D eigenvalue weighted by Crippen LogP contribution is 2.18. The standard InChI is InChI=1S/C14H17FN2O/c1-8(2)9(3)16-14(18)13-7-10-11(15)5-4-6-12(10)17-13/h4-9,17H,1-3H3,(H,16,18). The van der Waals surface area contributed by atoms with Gasteiger partial charge in [-0.1, -0.05) is 19.9 Å². The van der Waals surface area contributed by atoms with Crippen LogP contribution in [0.1, 0.15) is 31.3 Å². The van der Waals surface area contributed by atoms with Gasteiger partial charge in [0.1, 0.15) is 11.5 Å². The fourth-order valence-electron chi connectivity index (χ4n) is 1.69. The number of aromatic nitrogens is 1. The van der Waals surface area contributed by atoms with Crippen molar-refractivity contribution in [3.8, 4) is 0 Å². The first-order valence-electron chi connectivity index (χ1n) is 6.07. The SMILES string of the molecule is CC(C)C(C)NC(=O)c1cc2c(F)cccc2[nH]1. The van der Waals surface area contributed by atoms with Gasteiger partial charge in [0.2, 0.25) is 0 Å². The smallest absolute Gasteiger partial charge is 0.267 e. The van der Waals surface area contributed by atoms with Gasteiger partial charge in [-0.05, 0) is 31.0 Å². The molecule has 1 aromatic heterocycles.